The van der Waals surface area contributed by atoms with Crippen molar-refractivity contribution >= 4 is 46.1 Å². The van der Waals surface area contributed by atoms with Crippen LogP contribution in [0.5, 0.6) is 11.5 Å². The minimum absolute atomic E-state index is 0.122. The van der Waals surface area contributed by atoms with Gasteiger partial charge >= 0.3 is 6.29 Å². The number of hydrogen-bond donors (Lipinski definition) is 2. The number of carbonyl (C=O) groups excluding carboxylic acids is 1. The maximum absolute atomic E-state index is 13.0. The highest BCUT2D eigenvalue weighted by Crippen LogP contribution is 2.42. The molecule has 128 valence electrons. The predicted octanol–water partition coefficient (Wildman–Crippen LogP) is 4.44. The molecule has 0 radical (unpaired) electrons. The van der Waals surface area contributed by atoms with Crippen LogP contribution >= 0.6 is 23.2 Å². The molecule has 1 aliphatic heterocycles. The van der Waals surface area contributed by atoms with Gasteiger partial charge in [0.1, 0.15) is 0 Å². The number of anilines is 1. The first-order valence-corrected chi connectivity index (χ1v) is 7.62. The number of hydrogen-bond acceptors (Lipinski definition) is 4. The van der Waals surface area contributed by atoms with E-state index in [9.17, 15) is 13.6 Å². The molecule has 0 atom stereocenters. The van der Waals surface area contributed by atoms with Gasteiger partial charge in [-0.25, -0.2) is 4.98 Å². The van der Waals surface area contributed by atoms with Crippen molar-refractivity contribution in [2.45, 2.75) is 6.29 Å². The second-order valence-corrected chi connectivity index (χ2v) is 5.97. The highest BCUT2D eigenvalue weighted by atomic mass is 35.5. The number of halogens is 4. The van der Waals surface area contributed by atoms with Gasteiger partial charge in [0.25, 0.3) is 5.91 Å². The Bertz CT molecular complexity index is 978. The van der Waals surface area contributed by atoms with Crippen LogP contribution in [0.25, 0.3) is 11.0 Å². The quantitative estimate of drug-likeness (QED) is 0.683. The third-order valence-electron chi connectivity index (χ3n) is 3.42. The van der Waals surface area contributed by atoms with E-state index in [-0.39, 0.29) is 28.0 Å². The van der Waals surface area contributed by atoms with E-state index in [1.165, 1.54) is 30.3 Å². The molecule has 10 heteroatoms. The van der Waals surface area contributed by atoms with Crippen LogP contribution in [0.15, 0.2) is 30.3 Å². The average molecular weight is 386 g/mol. The molecule has 4 rings (SSSR count). The molecular formula is C15H7Cl2F2N3O3. The summed E-state index contributed by atoms with van der Waals surface area (Å²) in [5.41, 5.74) is 0.998. The third kappa shape index (κ3) is 2.94. The zero-order valence-corrected chi connectivity index (χ0v) is 13.6. The van der Waals surface area contributed by atoms with Gasteiger partial charge in [0.05, 0.1) is 21.1 Å². The van der Waals surface area contributed by atoms with E-state index in [4.69, 9.17) is 23.2 Å². The van der Waals surface area contributed by atoms with E-state index in [2.05, 4.69) is 24.8 Å². The average Bonchev–Trinajstić information content (AvgIpc) is 3.04. The van der Waals surface area contributed by atoms with Crippen molar-refractivity contribution in [2.24, 2.45) is 0 Å². The van der Waals surface area contributed by atoms with E-state index in [0.717, 1.165) is 0 Å². The van der Waals surface area contributed by atoms with E-state index in [0.29, 0.717) is 16.1 Å². The van der Waals surface area contributed by atoms with Gasteiger partial charge in [-0.2, -0.15) is 0 Å². The first-order valence-electron chi connectivity index (χ1n) is 6.87. The lowest BCUT2D eigenvalue weighted by atomic mass is 10.2. The van der Waals surface area contributed by atoms with Gasteiger partial charge in [-0.05, 0) is 18.2 Å². The molecule has 0 aliphatic carbocycles. The summed E-state index contributed by atoms with van der Waals surface area (Å²) in [6.45, 7) is 0. The minimum atomic E-state index is -3.70. The van der Waals surface area contributed by atoms with Crippen molar-refractivity contribution in [3.63, 3.8) is 0 Å². The molecule has 0 saturated heterocycles. The van der Waals surface area contributed by atoms with Crippen LogP contribution in [-0.2, 0) is 0 Å². The Morgan fingerprint density at radius 1 is 1.12 bits per heavy atom. The third-order valence-corrected chi connectivity index (χ3v) is 4.16. The summed E-state index contributed by atoms with van der Waals surface area (Å²) in [6.07, 6.45) is -3.70. The SMILES string of the molecule is O=C(Nc1nc2cc3c(cc2[nH]1)OC(F)(F)O3)c1ccc(Cl)c(Cl)c1. The first kappa shape index (κ1) is 15.9. The van der Waals surface area contributed by atoms with Crippen LogP contribution in [0.4, 0.5) is 14.7 Å². The molecule has 1 amide bonds. The number of imidazole rings is 1. The van der Waals surface area contributed by atoms with Gasteiger partial charge in [0, 0.05) is 17.7 Å². The number of aromatic amines is 1. The van der Waals surface area contributed by atoms with Crippen LogP contribution in [0.1, 0.15) is 10.4 Å². The van der Waals surface area contributed by atoms with Crippen LogP contribution < -0.4 is 14.8 Å². The molecule has 1 aromatic heterocycles. The Labute approximate surface area is 148 Å². The number of H-pyrrole nitrogens is 1. The Kier molecular flexibility index (Phi) is 3.48. The molecule has 0 fully saturated rings. The Morgan fingerprint density at radius 3 is 2.56 bits per heavy atom. The zero-order valence-electron chi connectivity index (χ0n) is 12.1. The molecule has 0 saturated carbocycles. The fourth-order valence-electron chi connectivity index (χ4n) is 2.33. The van der Waals surface area contributed by atoms with E-state index < -0.39 is 12.2 Å². The molecule has 25 heavy (non-hydrogen) atoms. The maximum atomic E-state index is 13.0. The number of fused-ring (bicyclic) bond motifs is 2. The largest absolute Gasteiger partial charge is 0.586 e. The summed E-state index contributed by atoms with van der Waals surface area (Å²) in [5.74, 6) is -0.597. The number of nitrogens with zero attached hydrogens (tertiary/aromatic N) is 1. The van der Waals surface area contributed by atoms with Crippen molar-refractivity contribution < 1.29 is 23.0 Å². The van der Waals surface area contributed by atoms with Crippen LogP contribution in [0.3, 0.4) is 0 Å². The minimum Gasteiger partial charge on any atom is -0.395 e. The fraction of sp³-hybridized carbons (Fsp3) is 0.0667. The maximum Gasteiger partial charge on any atom is 0.586 e. The van der Waals surface area contributed by atoms with Crippen molar-refractivity contribution in [2.75, 3.05) is 5.32 Å². The first-order chi connectivity index (χ1) is 11.8. The number of alkyl halides is 2. The van der Waals surface area contributed by atoms with Crippen LogP contribution in [0, 0.1) is 0 Å². The molecule has 0 bridgehead atoms. The predicted molar refractivity (Wildman–Crippen MR) is 86.7 cm³/mol. The zero-order chi connectivity index (χ0) is 17.8. The second kappa shape index (κ2) is 5.47. The smallest absolute Gasteiger partial charge is 0.395 e. The van der Waals surface area contributed by atoms with Gasteiger partial charge in [-0.15, -0.1) is 8.78 Å². The van der Waals surface area contributed by atoms with Gasteiger partial charge in [0.15, 0.2) is 11.5 Å². The second-order valence-electron chi connectivity index (χ2n) is 5.15. The summed E-state index contributed by atoms with van der Waals surface area (Å²) >= 11 is 11.7. The molecule has 1 aliphatic rings. The number of amides is 1. The number of rotatable bonds is 2. The standard InChI is InChI=1S/C15H7Cl2F2N3O3/c16-7-2-1-6(3-8(7)17)13(23)22-14-20-9-4-11-12(5-10(9)21-14)25-15(18,19)24-11/h1-5H,(H2,20,21,22,23). The van der Waals surface area contributed by atoms with Crippen molar-refractivity contribution in [3.8, 4) is 11.5 Å². The Balaban J connectivity index is 1.60. The molecule has 2 N–H and O–H groups in total. The van der Waals surface area contributed by atoms with Crippen LogP contribution in [-0.4, -0.2) is 22.2 Å². The number of nitrogens with one attached hydrogen (secondary N) is 2. The number of aromatic nitrogens is 2. The number of ether oxygens (including phenoxy) is 2. The highest BCUT2D eigenvalue weighted by Gasteiger charge is 2.43. The summed E-state index contributed by atoms with van der Waals surface area (Å²) in [4.78, 5) is 19.1. The van der Waals surface area contributed by atoms with Crippen molar-refractivity contribution in [3.05, 3.63) is 45.9 Å². The fourth-order valence-corrected chi connectivity index (χ4v) is 2.63. The van der Waals surface area contributed by atoms with Crippen molar-refractivity contribution in [1.82, 2.24) is 9.97 Å². The lowest BCUT2D eigenvalue weighted by Crippen LogP contribution is -2.25. The summed E-state index contributed by atoms with van der Waals surface area (Å²) in [5, 5.41) is 3.12. The van der Waals surface area contributed by atoms with Crippen LogP contribution in [0.2, 0.25) is 10.0 Å². The topological polar surface area (TPSA) is 76.2 Å². The molecule has 0 spiro atoms. The number of carbonyl (C=O) groups is 1. The van der Waals surface area contributed by atoms with Gasteiger partial charge in [0.2, 0.25) is 5.95 Å². The lowest BCUT2D eigenvalue weighted by molar-refractivity contribution is -0.286. The highest BCUT2D eigenvalue weighted by molar-refractivity contribution is 6.42. The molecule has 3 aromatic rings. The van der Waals surface area contributed by atoms with E-state index in [1.807, 2.05) is 0 Å². The summed E-state index contributed by atoms with van der Waals surface area (Å²) < 4.78 is 34.8. The van der Waals surface area contributed by atoms with E-state index in [1.54, 1.807) is 0 Å². The monoisotopic (exact) mass is 385 g/mol. The number of benzene rings is 2. The Hall–Kier alpha value is -2.58. The molecule has 2 heterocycles. The molecular weight excluding hydrogens is 379 g/mol. The summed E-state index contributed by atoms with van der Waals surface area (Å²) in [7, 11) is 0. The molecule has 2 aromatic carbocycles. The van der Waals surface area contributed by atoms with Gasteiger partial charge in [-0.1, -0.05) is 23.2 Å². The Morgan fingerprint density at radius 2 is 1.84 bits per heavy atom. The van der Waals surface area contributed by atoms with Crippen molar-refractivity contribution in [1.29, 1.82) is 0 Å². The summed E-state index contributed by atoms with van der Waals surface area (Å²) in [6, 6.07) is 7.02. The molecule has 6 nitrogen and oxygen atoms in total. The molecule has 0 unspecified atom stereocenters. The van der Waals surface area contributed by atoms with Gasteiger partial charge < -0.3 is 14.5 Å². The lowest BCUT2D eigenvalue weighted by Gasteiger charge is -2.04. The normalized spacial score (nSPS) is 14.7. The van der Waals surface area contributed by atoms with E-state index >= 15 is 0 Å². The van der Waals surface area contributed by atoms with Gasteiger partial charge in [-0.3, -0.25) is 10.1 Å².